The van der Waals surface area contributed by atoms with E-state index in [0.717, 1.165) is 31.5 Å². The highest BCUT2D eigenvalue weighted by atomic mass is 35.5. The van der Waals surface area contributed by atoms with Crippen molar-refractivity contribution in [3.05, 3.63) is 36.4 Å². The Labute approximate surface area is 119 Å². The zero-order valence-electron chi connectivity index (χ0n) is 9.46. The molecule has 0 fully saturated rings. The third-order valence-electron chi connectivity index (χ3n) is 2.38. The normalized spacial score (nSPS) is 12.9. The van der Waals surface area contributed by atoms with Crippen LogP contribution >= 0.6 is 45.9 Å². The largest absolute Gasteiger partial charge is 0.304 e. The van der Waals surface area contributed by atoms with Gasteiger partial charge in [-0.15, -0.1) is 22.7 Å². The van der Waals surface area contributed by atoms with Gasteiger partial charge in [-0.3, -0.25) is 0 Å². The number of aryl methyl sites for hydroxylation is 1. The second kappa shape index (κ2) is 5.67. The monoisotopic (exact) mass is 306 g/mol. The molecule has 0 spiro atoms. The van der Waals surface area contributed by atoms with Crippen LogP contribution in [0.2, 0.25) is 8.67 Å². The Bertz CT molecular complexity index is 507. The lowest BCUT2D eigenvalue weighted by molar-refractivity contribution is 0.574. The van der Waals surface area contributed by atoms with Crippen molar-refractivity contribution in [1.29, 1.82) is 0 Å². The van der Waals surface area contributed by atoms with Crippen LogP contribution in [0.5, 0.6) is 0 Å². The van der Waals surface area contributed by atoms with E-state index in [1.165, 1.54) is 11.3 Å². The van der Waals surface area contributed by atoms with Gasteiger partial charge >= 0.3 is 0 Å². The molecule has 17 heavy (non-hydrogen) atoms. The highest BCUT2D eigenvalue weighted by Gasteiger charge is 2.13. The number of nitrogens with zero attached hydrogens (tertiary/aromatic N) is 1. The zero-order chi connectivity index (χ0) is 12.4. The summed E-state index contributed by atoms with van der Waals surface area (Å²) in [4.78, 5) is 4.40. The van der Waals surface area contributed by atoms with Crippen molar-refractivity contribution in [2.45, 2.75) is 26.4 Å². The summed E-state index contributed by atoms with van der Waals surface area (Å²) in [7, 11) is 0. The summed E-state index contributed by atoms with van der Waals surface area (Å²) in [6.07, 6.45) is 0. The van der Waals surface area contributed by atoms with Crippen LogP contribution in [0.3, 0.4) is 0 Å². The molecule has 0 aromatic carbocycles. The molecule has 0 amide bonds. The maximum atomic E-state index is 6.11. The Balaban J connectivity index is 1.97. The first-order valence-corrected chi connectivity index (χ1v) is 7.60. The molecule has 2 heterocycles. The molecule has 0 aliphatic carbocycles. The average Bonchev–Trinajstić information content (AvgIpc) is 2.81. The van der Waals surface area contributed by atoms with Gasteiger partial charge in [-0.1, -0.05) is 23.2 Å². The van der Waals surface area contributed by atoms with Crippen molar-refractivity contribution in [2.75, 3.05) is 0 Å². The van der Waals surface area contributed by atoms with Crippen molar-refractivity contribution >= 4 is 45.9 Å². The lowest BCUT2D eigenvalue weighted by atomic mass is 10.2. The minimum absolute atomic E-state index is 0.176. The number of rotatable bonds is 4. The van der Waals surface area contributed by atoms with E-state index in [-0.39, 0.29) is 6.04 Å². The first kappa shape index (κ1) is 13.3. The van der Waals surface area contributed by atoms with Crippen molar-refractivity contribution in [1.82, 2.24) is 10.3 Å². The zero-order valence-corrected chi connectivity index (χ0v) is 12.6. The van der Waals surface area contributed by atoms with Crippen LogP contribution in [-0.2, 0) is 6.54 Å². The number of aromatic nitrogens is 1. The smallest absolute Gasteiger partial charge is 0.107 e. The highest BCUT2D eigenvalue weighted by Crippen LogP contribution is 2.34. The summed E-state index contributed by atoms with van der Waals surface area (Å²) >= 11 is 15.1. The fourth-order valence-corrected chi connectivity index (χ4v) is 3.85. The van der Waals surface area contributed by atoms with Crippen molar-refractivity contribution in [3.8, 4) is 0 Å². The van der Waals surface area contributed by atoms with E-state index < -0.39 is 0 Å². The number of halogens is 2. The molecule has 2 aromatic rings. The maximum absolute atomic E-state index is 6.11. The topological polar surface area (TPSA) is 24.9 Å². The predicted molar refractivity (Wildman–Crippen MR) is 76.4 cm³/mol. The molecule has 1 atom stereocenters. The van der Waals surface area contributed by atoms with Gasteiger partial charge in [-0.2, -0.15) is 0 Å². The minimum Gasteiger partial charge on any atom is -0.304 e. The van der Waals surface area contributed by atoms with Gasteiger partial charge in [0.1, 0.15) is 5.01 Å². The number of thiazole rings is 1. The fraction of sp³-hybridized carbons (Fsp3) is 0.364. The predicted octanol–water partition coefficient (Wildman–Crippen LogP) is 4.67. The maximum Gasteiger partial charge on any atom is 0.107 e. The van der Waals surface area contributed by atoms with E-state index in [0.29, 0.717) is 0 Å². The molecule has 0 aliphatic heterocycles. The molecule has 92 valence electrons. The summed E-state index contributed by atoms with van der Waals surface area (Å²) in [5.74, 6) is 0. The van der Waals surface area contributed by atoms with Crippen molar-refractivity contribution in [3.63, 3.8) is 0 Å². The first-order valence-electron chi connectivity index (χ1n) is 5.15. The summed E-state index contributed by atoms with van der Waals surface area (Å²) in [5, 5.41) is 6.54. The molecule has 1 unspecified atom stereocenters. The van der Waals surface area contributed by atoms with Crippen LogP contribution in [-0.4, -0.2) is 4.98 Å². The van der Waals surface area contributed by atoms with Crippen LogP contribution in [0.1, 0.15) is 29.2 Å². The summed E-state index contributed by atoms with van der Waals surface area (Å²) in [5.41, 5.74) is 2.12. The number of nitrogens with one attached hydrogen (secondary N) is 1. The Hall–Kier alpha value is -0.130. The molecule has 0 bridgehead atoms. The van der Waals surface area contributed by atoms with Gasteiger partial charge in [0.2, 0.25) is 0 Å². The standard InChI is InChI=1S/C11H12Cl2N2S2/c1-6-5-16-10(15-6)4-14-7(2)8-3-9(12)17-11(8)13/h3,5,7,14H,4H2,1-2H3. The molecule has 0 aliphatic rings. The van der Waals surface area contributed by atoms with Gasteiger partial charge in [0.15, 0.2) is 0 Å². The second-order valence-corrected chi connectivity index (χ2v) is 6.99. The quantitative estimate of drug-likeness (QED) is 0.888. The number of hydrogen-bond acceptors (Lipinski definition) is 4. The minimum atomic E-state index is 0.176. The molecule has 0 radical (unpaired) electrons. The fourth-order valence-electron chi connectivity index (χ4n) is 1.48. The Morgan fingerprint density at radius 1 is 1.47 bits per heavy atom. The average molecular weight is 307 g/mol. The third-order valence-corrected chi connectivity index (χ3v) is 4.86. The van der Waals surface area contributed by atoms with E-state index in [9.17, 15) is 0 Å². The van der Waals surface area contributed by atoms with Gasteiger partial charge in [-0.25, -0.2) is 4.98 Å². The van der Waals surface area contributed by atoms with E-state index in [1.807, 2.05) is 13.0 Å². The van der Waals surface area contributed by atoms with Gasteiger partial charge in [0.05, 0.1) is 8.67 Å². The Kier molecular flexibility index (Phi) is 4.44. The van der Waals surface area contributed by atoms with Gasteiger partial charge in [-0.05, 0) is 25.5 Å². The Morgan fingerprint density at radius 3 is 2.76 bits per heavy atom. The van der Waals surface area contributed by atoms with E-state index in [2.05, 4.69) is 22.6 Å². The molecule has 0 saturated heterocycles. The molecule has 1 N–H and O–H groups in total. The number of thiophene rings is 1. The third kappa shape index (κ3) is 3.42. The van der Waals surface area contributed by atoms with Gasteiger partial charge in [0, 0.05) is 23.7 Å². The van der Waals surface area contributed by atoms with E-state index >= 15 is 0 Å². The van der Waals surface area contributed by atoms with Crippen molar-refractivity contribution < 1.29 is 0 Å². The van der Waals surface area contributed by atoms with E-state index in [4.69, 9.17) is 23.2 Å². The molecular weight excluding hydrogens is 295 g/mol. The van der Waals surface area contributed by atoms with Crippen LogP contribution in [0.15, 0.2) is 11.4 Å². The van der Waals surface area contributed by atoms with Crippen LogP contribution < -0.4 is 5.32 Å². The molecule has 2 nitrogen and oxygen atoms in total. The first-order chi connectivity index (χ1) is 8.06. The van der Waals surface area contributed by atoms with Gasteiger partial charge in [0.25, 0.3) is 0 Å². The van der Waals surface area contributed by atoms with Crippen LogP contribution in [0, 0.1) is 6.92 Å². The molecular formula is C11H12Cl2N2S2. The van der Waals surface area contributed by atoms with Crippen LogP contribution in [0.4, 0.5) is 0 Å². The highest BCUT2D eigenvalue weighted by molar-refractivity contribution is 7.20. The second-order valence-electron chi connectivity index (χ2n) is 3.76. The summed E-state index contributed by atoms with van der Waals surface area (Å²) in [6, 6.07) is 2.09. The summed E-state index contributed by atoms with van der Waals surface area (Å²) < 4.78 is 1.48. The summed E-state index contributed by atoms with van der Waals surface area (Å²) in [6.45, 7) is 4.83. The van der Waals surface area contributed by atoms with Crippen LogP contribution in [0.25, 0.3) is 0 Å². The molecule has 6 heteroatoms. The number of hydrogen-bond donors (Lipinski definition) is 1. The molecule has 2 aromatic heterocycles. The Morgan fingerprint density at radius 2 is 2.24 bits per heavy atom. The lowest BCUT2D eigenvalue weighted by Crippen LogP contribution is -2.17. The van der Waals surface area contributed by atoms with E-state index in [1.54, 1.807) is 11.3 Å². The van der Waals surface area contributed by atoms with Gasteiger partial charge < -0.3 is 5.32 Å². The van der Waals surface area contributed by atoms with Crippen molar-refractivity contribution in [2.24, 2.45) is 0 Å². The lowest BCUT2D eigenvalue weighted by Gasteiger charge is -2.11. The molecule has 0 saturated carbocycles. The molecule has 2 rings (SSSR count). The SMILES string of the molecule is Cc1csc(CNC(C)c2cc(Cl)sc2Cl)n1.